The molecule has 274 valence electrons. The van der Waals surface area contributed by atoms with Gasteiger partial charge in [-0.05, 0) is 122 Å². The quantitative estimate of drug-likeness (QED) is 0.147. The van der Waals surface area contributed by atoms with E-state index in [1.54, 1.807) is 16.3 Å². The number of nitrogens with zero attached hydrogens (tertiary/aromatic N) is 1. The number of aromatic amines is 1. The molecule has 0 saturated heterocycles. The Morgan fingerprint density at radius 1 is 0.878 bits per heavy atom. The van der Waals surface area contributed by atoms with Gasteiger partial charge in [-0.3, -0.25) is 14.6 Å². The Bertz CT molecular complexity index is 1540. The van der Waals surface area contributed by atoms with Crippen LogP contribution in [0.25, 0.3) is 0 Å². The first-order chi connectivity index (χ1) is 23.0. The summed E-state index contributed by atoms with van der Waals surface area (Å²) in [6.45, 7) is 18.3. The van der Waals surface area contributed by atoms with Gasteiger partial charge in [0.2, 0.25) is 0 Å². The second kappa shape index (κ2) is 13.1. The fraction of sp³-hybridized carbons (Fsp3) is 0.833. The van der Waals surface area contributed by atoms with E-state index in [9.17, 15) is 19.5 Å². The van der Waals surface area contributed by atoms with Crippen molar-refractivity contribution in [1.82, 2.24) is 9.55 Å². The number of fused-ring (bicyclic) bond motifs is 7. The summed E-state index contributed by atoms with van der Waals surface area (Å²) >= 11 is 0. The molecule has 4 fully saturated rings. The number of hydrogen-bond acceptors (Lipinski definition) is 5. The summed E-state index contributed by atoms with van der Waals surface area (Å²) in [6, 6.07) is 1.39. The first kappa shape index (κ1) is 36.6. The largest absolute Gasteiger partial charge is 0.465 e. The van der Waals surface area contributed by atoms with Crippen molar-refractivity contribution in [1.29, 1.82) is 0 Å². The number of unbranched alkanes of at least 4 members (excludes halogenated alkanes) is 5. The number of ether oxygens (including phenoxy) is 1. The Morgan fingerprint density at radius 3 is 2.31 bits per heavy atom. The second-order valence-corrected chi connectivity index (χ2v) is 19.3. The molecule has 0 bridgehead atoms. The van der Waals surface area contributed by atoms with Crippen LogP contribution in [-0.4, -0.2) is 33.3 Å². The molecule has 1 aromatic heterocycles. The Morgan fingerprint density at radius 2 is 1.57 bits per heavy atom. The average molecular weight is 679 g/mol. The number of hydrogen-bond donors (Lipinski definition) is 2. The predicted octanol–water partition coefficient (Wildman–Crippen LogP) is 8.58. The third-order valence-corrected chi connectivity index (χ3v) is 15.9. The molecule has 0 spiro atoms. The highest BCUT2D eigenvalue weighted by molar-refractivity contribution is 5.78. The van der Waals surface area contributed by atoms with Gasteiger partial charge in [0.25, 0.3) is 5.56 Å². The molecule has 0 amide bonds. The van der Waals surface area contributed by atoms with E-state index in [1.165, 1.54) is 18.9 Å². The third-order valence-electron chi connectivity index (χ3n) is 15.9. The number of esters is 1. The molecule has 5 aliphatic rings. The first-order valence-corrected chi connectivity index (χ1v) is 19.9. The van der Waals surface area contributed by atoms with E-state index in [4.69, 9.17) is 4.74 Å². The number of nitrogens with one attached hydrogen (secondary N) is 1. The van der Waals surface area contributed by atoms with E-state index in [1.807, 2.05) is 0 Å². The van der Waals surface area contributed by atoms with Gasteiger partial charge < -0.3 is 14.4 Å². The predicted molar refractivity (Wildman–Crippen MR) is 195 cm³/mol. The van der Waals surface area contributed by atoms with E-state index in [-0.39, 0.29) is 56.3 Å². The normalized spacial score (nSPS) is 39.1. The van der Waals surface area contributed by atoms with Gasteiger partial charge in [0.1, 0.15) is 0 Å². The van der Waals surface area contributed by atoms with Gasteiger partial charge >= 0.3 is 11.7 Å². The Hall–Kier alpha value is -2.15. The molecule has 0 radical (unpaired) electrons. The van der Waals surface area contributed by atoms with Crippen molar-refractivity contribution in [2.24, 2.45) is 50.2 Å². The van der Waals surface area contributed by atoms with Crippen molar-refractivity contribution in [2.75, 3.05) is 6.61 Å². The van der Waals surface area contributed by atoms with Gasteiger partial charge in [-0.2, -0.15) is 0 Å². The molecule has 4 saturated carbocycles. The molecule has 2 N–H and O–H groups in total. The van der Waals surface area contributed by atoms with Crippen LogP contribution in [0.1, 0.15) is 151 Å². The Balaban J connectivity index is 1.09. The van der Waals surface area contributed by atoms with Crippen molar-refractivity contribution in [3.8, 4) is 0 Å². The molecule has 0 aliphatic heterocycles. The van der Waals surface area contributed by atoms with Crippen molar-refractivity contribution in [2.45, 2.75) is 164 Å². The van der Waals surface area contributed by atoms with E-state index in [0.717, 1.165) is 89.9 Å². The number of aromatic nitrogens is 2. The van der Waals surface area contributed by atoms with Gasteiger partial charge in [0.05, 0.1) is 18.1 Å². The molecule has 0 aromatic carbocycles. The SMILES string of the molecule is CC1(C)CC[C@]2(C(=O)OCCCCCCCCn3ccc(=O)[nH]c3=O)CC[C@]3(C)C(=CC[C@@H]4[C@@]5(C)CC[C@H](O)C(C)(C)[C@@H]5CC[C@]43C)[C@@H]2C1. The number of carbonyl (C=O) groups excluding carboxylic acids is 1. The molecule has 1 heterocycles. The van der Waals surface area contributed by atoms with Crippen LogP contribution in [0.3, 0.4) is 0 Å². The van der Waals surface area contributed by atoms with E-state index in [0.29, 0.717) is 25.0 Å². The lowest BCUT2D eigenvalue weighted by molar-refractivity contribution is -0.206. The van der Waals surface area contributed by atoms with Gasteiger partial charge in [0, 0.05) is 18.8 Å². The van der Waals surface area contributed by atoms with Gasteiger partial charge in [-0.25, -0.2) is 4.79 Å². The Labute approximate surface area is 295 Å². The summed E-state index contributed by atoms with van der Waals surface area (Å²) in [5, 5.41) is 11.1. The van der Waals surface area contributed by atoms with Crippen LogP contribution in [0.4, 0.5) is 0 Å². The number of aryl methyl sites for hydroxylation is 1. The number of carbonyl (C=O) groups is 1. The summed E-state index contributed by atoms with van der Waals surface area (Å²) in [4.78, 5) is 39.7. The minimum Gasteiger partial charge on any atom is -0.465 e. The van der Waals surface area contributed by atoms with Crippen molar-refractivity contribution >= 4 is 5.97 Å². The van der Waals surface area contributed by atoms with Gasteiger partial charge in [0.15, 0.2) is 0 Å². The number of allylic oxidation sites excluding steroid dienone is 2. The molecule has 6 rings (SSSR count). The van der Waals surface area contributed by atoms with E-state index < -0.39 is 5.41 Å². The highest BCUT2D eigenvalue weighted by atomic mass is 16.5. The van der Waals surface area contributed by atoms with Crippen LogP contribution in [0.5, 0.6) is 0 Å². The van der Waals surface area contributed by atoms with Crippen LogP contribution in [-0.2, 0) is 16.1 Å². The van der Waals surface area contributed by atoms with Crippen molar-refractivity contribution < 1.29 is 14.6 Å². The molecule has 7 nitrogen and oxygen atoms in total. The maximum absolute atomic E-state index is 14.3. The number of rotatable bonds is 10. The monoisotopic (exact) mass is 678 g/mol. The lowest BCUT2D eigenvalue weighted by Crippen LogP contribution is -2.65. The van der Waals surface area contributed by atoms with Gasteiger partial charge in [-0.1, -0.05) is 85.8 Å². The smallest absolute Gasteiger partial charge is 0.328 e. The lowest BCUT2D eigenvalue weighted by Gasteiger charge is -2.71. The highest BCUT2D eigenvalue weighted by Crippen LogP contribution is 2.75. The minimum absolute atomic E-state index is 0.0497. The molecule has 8 atom stereocenters. The molecule has 5 aliphatic carbocycles. The van der Waals surface area contributed by atoms with Crippen molar-refractivity contribution in [3.63, 3.8) is 0 Å². The summed E-state index contributed by atoms with van der Waals surface area (Å²) in [5.74, 6) is 1.46. The summed E-state index contributed by atoms with van der Waals surface area (Å²) in [6.07, 6.45) is 20.6. The van der Waals surface area contributed by atoms with Crippen LogP contribution in [0, 0.1) is 50.2 Å². The minimum atomic E-state index is -0.401. The molecule has 0 unspecified atom stereocenters. The van der Waals surface area contributed by atoms with E-state index >= 15 is 0 Å². The molecular weight excluding hydrogens is 612 g/mol. The van der Waals surface area contributed by atoms with Crippen molar-refractivity contribution in [3.05, 3.63) is 44.8 Å². The molecule has 1 aromatic rings. The molecule has 49 heavy (non-hydrogen) atoms. The zero-order chi connectivity index (χ0) is 35.5. The number of aliphatic hydroxyl groups excluding tert-OH is 1. The second-order valence-electron chi connectivity index (χ2n) is 19.3. The topological polar surface area (TPSA) is 101 Å². The van der Waals surface area contributed by atoms with Crippen LogP contribution in [0.15, 0.2) is 33.5 Å². The highest BCUT2D eigenvalue weighted by Gasteiger charge is 2.69. The fourth-order valence-electron chi connectivity index (χ4n) is 12.6. The molecule has 7 heteroatoms. The van der Waals surface area contributed by atoms with E-state index in [2.05, 4.69) is 59.5 Å². The summed E-state index contributed by atoms with van der Waals surface area (Å²) < 4.78 is 7.78. The lowest BCUT2D eigenvalue weighted by atomic mass is 9.33. The van der Waals surface area contributed by atoms with Gasteiger partial charge in [-0.15, -0.1) is 0 Å². The number of aliphatic hydroxyl groups is 1. The zero-order valence-corrected chi connectivity index (χ0v) is 31.8. The Kier molecular flexibility index (Phi) is 9.81. The third kappa shape index (κ3) is 6.14. The maximum atomic E-state index is 14.3. The zero-order valence-electron chi connectivity index (χ0n) is 31.8. The van der Waals surface area contributed by atoms with Crippen LogP contribution >= 0.6 is 0 Å². The standard InChI is InChI=1S/C42H66N2O5/c1-37(2)21-23-42(35(47)49-27-13-11-9-8-10-12-25-44-26-18-34(46)43-36(44)48)24-22-40(6)29(30(42)28-37)14-15-32-39(5)19-17-33(45)38(3,4)31(39)16-20-41(32,40)7/h14,18,26,30-33,45H,8-13,15-17,19-25,27-28H2,1-7H3,(H,43,46,48)/t30-,31-,32+,33-,39-,40+,41+,42-/m0/s1. The van der Waals surface area contributed by atoms with Crippen LogP contribution in [0.2, 0.25) is 0 Å². The summed E-state index contributed by atoms with van der Waals surface area (Å²) in [7, 11) is 0. The maximum Gasteiger partial charge on any atom is 0.328 e. The average Bonchev–Trinajstić information content (AvgIpc) is 3.03. The molecular formula is C42H66N2O5. The number of H-pyrrole nitrogens is 1. The van der Waals surface area contributed by atoms with Crippen LogP contribution < -0.4 is 11.2 Å². The fourth-order valence-corrected chi connectivity index (χ4v) is 12.6. The first-order valence-electron chi connectivity index (χ1n) is 19.9. The summed E-state index contributed by atoms with van der Waals surface area (Å²) in [5.41, 5.74) is 1.14.